The summed E-state index contributed by atoms with van der Waals surface area (Å²) >= 11 is 5.89. The summed E-state index contributed by atoms with van der Waals surface area (Å²) in [5.74, 6) is -2.26. The molecule has 0 saturated carbocycles. The molecule has 10 nitrogen and oxygen atoms in total. The van der Waals surface area contributed by atoms with Crippen LogP contribution in [0.3, 0.4) is 0 Å². The van der Waals surface area contributed by atoms with E-state index >= 15 is 0 Å². The quantitative estimate of drug-likeness (QED) is 0.306. The lowest BCUT2D eigenvalue weighted by Gasteiger charge is -2.06. The normalized spacial score (nSPS) is 11.1. The van der Waals surface area contributed by atoms with E-state index in [1.165, 1.54) is 18.2 Å². The van der Waals surface area contributed by atoms with Gasteiger partial charge in [0.25, 0.3) is 5.91 Å². The van der Waals surface area contributed by atoms with Gasteiger partial charge in [0.2, 0.25) is 5.65 Å². The number of carbonyl (C=O) groups excluding carboxylic acids is 1. The molecule has 0 saturated heterocycles. The van der Waals surface area contributed by atoms with E-state index in [1.807, 2.05) is 0 Å². The second-order valence-corrected chi connectivity index (χ2v) is 8.18. The van der Waals surface area contributed by atoms with Crippen LogP contribution in [0, 0.1) is 5.82 Å². The fourth-order valence-corrected chi connectivity index (χ4v) is 3.85. The smallest absolute Gasteiger partial charge is 0.336 e. The fraction of sp³-hybridized carbons (Fsp3) is 0.0833. The highest BCUT2D eigenvalue weighted by molar-refractivity contribution is 6.31. The Labute approximate surface area is 207 Å². The van der Waals surface area contributed by atoms with Crippen LogP contribution < -0.4 is 5.32 Å². The molecule has 0 spiro atoms. The van der Waals surface area contributed by atoms with E-state index in [1.54, 1.807) is 47.4 Å². The van der Waals surface area contributed by atoms with Crippen LogP contribution in [-0.4, -0.2) is 46.9 Å². The molecule has 5 aromatic rings. The maximum Gasteiger partial charge on any atom is 0.336 e. The van der Waals surface area contributed by atoms with Crippen LogP contribution >= 0.6 is 11.6 Å². The highest BCUT2D eigenvalue weighted by atomic mass is 35.5. The van der Waals surface area contributed by atoms with Crippen LogP contribution in [0.1, 0.15) is 32.1 Å². The van der Waals surface area contributed by atoms with Gasteiger partial charge in [-0.1, -0.05) is 29.8 Å². The summed E-state index contributed by atoms with van der Waals surface area (Å²) < 4.78 is 16.1. The number of aromatic amines is 1. The molecule has 3 heterocycles. The number of fused-ring (bicyclic) bond motifs is 1. The van der Waals surface area contributed by atoms with E-state index in [0.717, 1.165) is 0 Å². The van der Waals surface area contributed by atoms with Crippen molar-refractivity contribution in [1.82, 2.24) is 35.3 Å². The molecule has 0 fully saturated rings. The third-order valence-corrected chi connectivity index (χ3v) is 5.68. The summed E-state index contributed by atoms with van der Waals surface area (Å²) in [5.41, 5.74) is 2.49. The highest BCUT2D eigenvalue weighted by Gasteiger charge is 2.17. The number of benzene rings is 2. The first-order chi connectivity index (χ1) is 17.4. The Balaban J connectivity index is 1.28. The number of carboxylic acid groups (broad SMARTS) is 1. The van der Waals surface area contributed by atoms with Gasteiger partial charge in [-0.15, -0.1) is 0 Å². The van der Waals surface area contributed by atoms with Gasteiger partial charge >= 0.3 is 5.97 Å². The first-order valence-corrected chi connectivity index (χ1v) is 11.1. The molecule has 0 unspecified atom stereocenters. The Hall–Kier alpha value is -4.64. The number of hydrogen-bond donors (Lipinski definition) is 3. The van der Waals surface area contributed by atoms with Crippen molar-refractivity contribution in [1.29, 1.82) is 0 Å². The maximum absolute atomic E-state index is 14.4. The maximum atomic E-state index is 14.4. The van der Waals surface area contributed by atoms with E-state index < -0.39 is 17.7 Å². The lowest BCUT2D eigenvalue weighted by Crippen LogP contribution is -2.25. The first kappa shape index (κ1) is 23.1. The van der Waals surface area contributed by atoms with Crippen molar-refractivity contribution in [3.63, 3.8) is 0 Å². The van der Waals surface area contributed by atoms with Crippen LogP contribution in [0.2, 0.25) is 5.02 Å². The Bertz CT molecular complexity index is 1610. The minimum absolute atomic E-state index is 0.00315. The second-order valence-electron chi connectivity index (χ2n) is 7.77. The molecule has 180 valence electrons. The molecule has 36 heavy (non-hydrogen) atoms. The molecule has 12 heteroatoms. The molecule has 0 aliphatic heterocycles. The minimum atomic E-state index is -1.18. The van der Waals surface area contributed by atoms with Crippen molar-refractivity contribution in [2.75, 3.05) is 0 Å². The van der Waals surface area contributed by atoms with E-state index in [9.17, 15) is 19.1 Å². The van der Waals surface area contributed by atoms with Crippen LogP contribution in [0.15, 0.2) is 60.9 Å². The summed E-state index contributed by atoms with van der Waals surface area (Å²) in [6.07, 6.45) is 3.27. The Morgan fingerprint density at radius 3 is 2.69 bits per heavy atom. The molecular formula is C24H17ClFN7O3. The van der Waals surface area contributed by atoms with Crippen LogP contribution in [0.4, 0.5) is 4.39 Å². The number of nitrogens with zero attached hydrogens (tertiary/aromatic N) is 5. The molecule has 2 aromatic carbocycles. The first-order valence-electron chi connectivity index (χ1n) is 10.7. The average molecular weight is 506 g/mol. The lowest BCUT2D eigenvalue weighted by molar-refractivity contribution is 0.0691. The van der Waals surface area contributed by atoms with Crippen LogP contribution in [-0.2, 0) is 13.1 Å². The summed E-state index contributed by atoms with van der Waals surface area (Å²) in [6.45, 7) is 0.394. The molecule has 3 aromatic heterocycles. The summed E-state index contributed by atoms with van der Waals surface area (Å²) in [4.78, 5) is 32.6. The molecule has 5 rings (SSSR count). The van der Waals surface area contributed by atoms with E-state index in [-0.39, 0.29) is 34.8 Å². The monoisotopic (exact) mass is 505 g/mol. The van der Waals surface area contributed by atoms with Gasteiger partial charge in [-0.2, -0.15) is 10.2 Å². The largest absolute Gasteiger partial charge is 0.478 e. The average Bonchev–Trinajstić information content (AvgIpc) is 3.51. The second kappa shape index (κ2) is 9.55. The third kappa shape index (κ3) is 4.51. The van der Waals surface area contributed by atoms with Crippen LogP contribution in [0.25, 0.3) is 22.4 Å². The van der Waals surface area contributed by atoms with Gasteiger partial charge in [0, 0.05) is 11.8 Å². The third-order valence-electron chi connectivity index (χ3n) is 5.39. The number of aromatic nitrogens is 6. The van der Waals surface area contributed by atoms with Gasteiger partial charge in [0.05, 0.1) is 52.5 Å². The van der Waals surface area contributed by atoms with Crippen LogP contribution in [0.5, 0.6) is 0 Å². The molecule has 3 N–H and O–H groups in total. The van der Waals surface area contributed by atoms with E-state index in [0.29, 0.717) is 28.2 Å². The van der Waals surface area contributed by atoms with Gasteiger partial charge in [-0.25, -0.2) is 19.2 Å². The number of H-pyrrole nitrogens is 1. The number of carboxylic acids is 1. The Morgan fingerprint density at radius 2 is 1.89 bits per heavy atom. The van der Waals surface area contributed by atoms with Crippen molar-refractivity contribution >= 4 is 34.6 Å². The SMILES string of the molecule is O=C(O)c1ccccc1C(=O)NCc1ccn(Cc2cnc3c(-c4cccc(Cl)c4F)[nH]nc3n2)n1. The van der Waals surface area contributed by atoms with E-state index in [2.05, 4.69) is 30.6 Å². The van der Waals surface area contributed by atoms with E-state index in [4.69, 9.17) is 11.6 Å². The van der Waals surface area contributed by atoms with Crippen molar-refractivity contribution in [3.05, 3.63) is 94.3 Å². The zero-order valence-corrected chi connectivity index (χ0v) is 19.2. The highest BCUT2D eigenvalue weighted by Crippen LogP contribution is 2.29. The number of rotatable bonds is 7. The molecule has 0 atom stereocenters. The van der Waals surface area contributed by atoms with Gasteiger partial charge in [0.15, 0.2) is 5.82 Å². The molecular weight excluding hydrogens is 489 g/mol. The summed E-state index contributed by atoms with van der Waals surface area (Å²) in [5, 5.41) is 23.3. The minimum Gasteiger partial charge on any atom is -0.478 e. The topological polar surface area (TPSA) is 139 Å². The Morgan fingerprint density at radius 1 is 1.08 bits per heavy atom. The molecule has 1 amide bonds. The molecule has 0 radical (unpaired) electrons. The number of carbonyl (C=O) groups is 2. The lowest BCUT2D eigenvalue weighted by atomic mass is 10.1. The predicted octanol–water partition coefficient (Wildman–Crippen LogP) is 3.69. The van der Waals surface area contributed by atoms with Crippen molar-refractivity contribution in [3.8, 4) is 11.3 Å². The molecule has 0 bridgehead atoms. The van der Waals surface area contributed by atoms with Crippen molar-refractivity contribution in [2.45, 2.75) is 13.1 Å². The van der Waals surface area contributed by atoms with Gasteiger partial charge in [0.1, 0.15) is 5.52 Å². The zero-order chi connectivity index (χ0) is 25.2. The molecule has 0 aliphatic carbocycles. The van der Waals surface area contributed by atoms with Gasteiger partial charge in [-0.05, 0) is 30.3 Å². The number of amides is 1. The number of nitrogens with one attached hydrogen (secondary N) is 2. The number of hydrogen-bond acceptors (Lipinski definition) is 6. The van der Waals surface area contributed by atoms with Crippen molar-refractivity contribution < 1.29 is 19.1 Å². The standard InChI is InChI=1S/C24H17ClFN7O3/c25-18-7-3-6-17(19(18)26)20-21-22(31-30-20)29-14(11-27-21)12-33-9-8-13(32-33)10-28-23(34)15-4-1-2-5-16(15)24(35)36/h1-9,11H,10,12H2,(H,28,34)(H,35,36)(H,29,30,31). The Kier molecular flexibility index (Phi) is 6.13. The number of aromatic carboxylic acids is 1. The fourth-order valence-electron chi connectivity index (χ4n) is 3.68. The van der Waals surface area contributed by atoms with Gasteiger partial charge in [-0.3, -0.25) is 14.6 Å². The van der Waals surface area contributed by atoms with Crippen molar-refractivity contribution in [2.24, 2.45) is 0 Å². The summed E-state index contributed by atoms with van der Waals surface area (Å²) in [6, 6.07) is 12.4. The van der Waals surface area contributed by atoms with Gasteiger partial charge < -0.3 is 10.4 Å². The zero-order valence-electron chi connectivity index (χ0n) is 18.4. The predicted molar refractivity (Wildman–Crippen MR) is 128 cm³/mol. The summed E-state index contributed by atoms with van der Waals surface area (Å²) in [7, 11) is 0. The molecule has 0 aliphatic rings. The number of halogens is 2.